The van der Waals surface area contributed by atoms with Crippen LogP contribution in [0, 0.1) is 5.82 Å². The van der Waals surface area contributed by atoms with Gasteiger partial charge in [0.25, 0.3) is 0 Å². The van der Waals surface area contributed by atoms with E-state index in [1.807, 2.05) is 12.1 Å². The standard InChI is InChI=1S/C18H24FN3O2/c1-3-7-20-18(21-8-6-16-5-4-9-24-16)22-13-14-10-15(19)12-17(11-14)23-2/h4-5,9-12H,3,6-8,13H2,1-2H3,(H2,20,21,22). The van der Waals surface area contributed by atoms with Crippen LogP contribution in [0.15, 0.2) is 46.0 Å². The van der Waals surface area contributed by atoms with Crippen molar-refractivity contribution in [3.63, 3.8) is 0 Å². The van der Waals surface area contributed by atoms with Gasteiger partial charge in [-0.15, -0.1) is 0 Å². The fourth-order valence-electron chi connectivity index (χ4n) is 2.18. The molecule has 1 aromatic carbocycles. The topological polar surface area (TPSA) is 58.8 Å². The molecule has 1 heterocycles. The zero-order chi connectivity index (χ0) is 17.2. The van der Waals surface area contributed by atoms with Crippen LogP contribution in [0.25, 0.3) is 0 Å². The predicted octanol–water partition coefficient (Wildman–Crippen LogP) is 3.12. The molecule has 0 aliphatic carbocycles. The van der Waals surface area contributed by atoms with E-state index in [-0.39, 0.29) is 5.82 Å². The summed E-state index contributed by atoms with van der Waals surface area (Å²) in [6, 6.07) is 8.41. The number of hydrogen-bond donors (Lipinski definition) is 2. The average Bonchev–Trinajstić information content (AvgIpc) is 3.09. The first-order valence-electron chi connectivity index (χ1n) is 8.09. The van der Waals surface area contributed by atoms with Gasteiger partial charge in [0, 0.05) is 25.6 Å². The lowest BCUT2D eigenvalue weighted by Crippen LogP contribution is -2.38. The van der Waals surface area contributed by atoms with E-state index in [9.17, 15) is 4.39 Å². The van der Waals surface area contributed by atoms with Gasteiger partial charge in [0.2, 0.25) is 0 Å². The molecule has 0 amide bonds. The molecule has 0 fully saturated rings. The van der Waals surface area contributed by atoms with Crippen molar-refractivity contribution in [3.8, 4) is 5.75 Å². The number of ether oxygens (including phenoxy) is 1. The van der Waals surface area contributed by atoms with Crippen molar-refractivity contribution >= 4 is 5.96 Å². The summed E-state index contributed by atoms with van der Waals surface area (Å²) < 4.78 is 23.9. The largest absolute Gasteiger partial charge is 0.497 e. The molecule has 0 saturated heterocycles. The molecule has 0 atom stereocenters. The highest BCUT2D eigenvalue weighted by Crippen LogP contribution is 2.16. The van der Waals surface area contributed by atoms with Crippen molar-refractivity contribution in [2.24, 2.45) is 4.99 Å². The van der Waals surface area contributed by atoms with Crippen molar-refractivity contribution < 1.29 is 13.5 Å². The maximum atomic E-state index is 13.5. The fraction of sp³-hybridized carbons (Fsp3) is 0.389. The third-order valence-electron chi connectivity index (χ3n) is 3.37. The van der Waals surface area contributed by atoms with E-state index in [1.54, 1.807) is 12.3 Å². The smallest absolute Gasteiger partial charge is 0.191 e. The zero-order valence-electron chi connectivity index (χ0n) is 14.1. The number of rotatable bonds is 8. The second kappa shape index (κ2) is 9.60. The highest BCUT2D eigenvalue weighted by atomic mass is 19.1. The van der Waals surface area contributed by atoms with Crippen molar-refractivity contribution in [3.05, 3.63) is 53.7 Å². The first-order chi connectivity index (χ1) is 11.7. The second-order valence-corrected chi connectivity index (χ2v) is 5.35. The number of hydrogen-bond acceptors (Lipinski definition) is 3. The minimum absolute atomic E-state index is 0.326. The van der Waals surface area contributed by atoms with E-state index in [1.165, 1.54) is 19.2 Å². The Morgan fingerprint density at radius 2 is 2.08 bits per heavy atom. The fourth-order valence-corrected chi connectivity index (χ4v) is 2.18. The first-order valence-corrected chi connectivity index (χ1v) is 8.09. The number of methoxy groups -OCH3 is 1. The van der Waals surface area contributed by atoms with Crippen LogP contribution in [0.1, 0.15) is 24.7 Å². The van der Waals surface area contributed by atoms with Crippen LogP contribution in [-0.4, -0.2) is 26.2 Å². The number of nitrogens with zero attached hydrogens (tertiary/aromatic N) is 1. The lowest BCUT2D eigenvalue weighted by atomic mass is 10.2. The Balaban J connectivity index is 1.95. The van der Waals surface area contributed by atoms with Crippen molar-refractivity contribution in [1.29, 1.82) is 0 Å². The van der Waals surface area contributed by atoms with Gasteiger partial charge in [-0.25, -0.2) is 9.38 Å². The Morgan fingerprint density at radius 1 is 1.25 bits per heavy atom. The molecule has 0 radical (unpaired) electrons. The maximum Gasteiger partial charge on any atom is 0.191 e. The minimum atomic E-state index is -0.326. The average molecular weight is 333 g/mol. The number of guanidine groups is 1. The predicted molar refractivity (Wildman–Crippen MR) is 92.8 cm³/mol. The third kappa shape index (κ3) is 5.95. The van der Waals surface area contributed by atoms with Crippen molar-refractivity contribution in [2.75, 3.05) is 20.2 Å². The molecule has 0 unspecified atom stereocenters. The normalized spacial score (nSPS) is 11.4. The van der Waals surface area contributed by atoms with Gasteiger partial charge in [-0.3, -0.25) is 0 Å². The molecule has 5 nitrogen and oxygen atoms in total. The second-order valence-electron chi connectivity index (χ2n) is 5.35. The lowest BCUT2D eigenvalue weighted by molar-refractivity contribution is 0.410. The van der Waals surface area contributed by atoms with Crippen LogP contribution in [0.3, 0.4) is 0 Å². The van der Waals surface area contributed by atoms with Gasteiger partial charge in [-0.05, 0) is 36.2 Å². The van der Waals surface area contributed by atoms with Gasteiger partial charge in [0.1, 0.15) is 17.3 Å². The Hall–Kier alpha value is -2.50. The Labute approximate surface area is 141 Å². The third-order valence-corrected chi connectivity index (χ3v) is 3.37. The molecule has 0 aliphatic heterocycles. The molecule has 6 heteroatoms. The number of nitrogens with one attached hydrogen (secondary N) is 2. The van der Waals surface area contributed by atoms with E-state index >= 15 is 0 Å². The van der Waals surface area contributed by atoms with Gasteiger partial charge < -0.3 is 19.8 Å². The van der Waals surface area contributed by atoms with Crippen molar-refractivity contribution in [2.45, 2.75) is 26.3 Å². The number of halogens is 1. The van der Waals surface area contributed by atoms with Crippen LogP contribution in [0.5, 0.6) is 5.75 Å². The summed E-state index contributed by atoms with van der Waals surface area (Å²) in [5.41, 5.74) is 0.760. The number of benzene rings is 1. The molecule has 2 N–H and O–H groups in total. The molecular weight excluding hydrogens is 309 g/mol. The van der Waals surface area contributed by atoms with Gasteiger partial charge >= 0.3 is 0 Å². The molecule has 0 bridgehead atoms. The number of furan rings is 1. The molecule has 24 heavy (non-hydrogen) atoms. The van der Waals surface area contributed by atoms with Gasteiger partial charge in [-0.1, -0.05) is 6.92 Å². The molecular formula is C18H24FN3O2. The van der Waals surface area contributed by atoms with E-state index in [0.29, 0.717) is 24.8 Å². The summed E-state index contributed by atoms with van der Waals surface area (Å²) in [7, 11) is 1.52. The Kier molecular flexibility index (Phi) is 7.14. The Bertz CT molecular complexity index is 642. The van der Waals surface area contributed by atoms with E-state index in [4.69, 9.17) is 9.15 Å². The summed E-state index contributed by atoms with van der Waals surface area (Å²) in [4.78, 5) is 4.51. The molecule has 0 aliphatic rings. The first kappa shape index (κ1) is 17.8. The Morgan fingerprint density at radius 3 is 2.79 bits per heavy atom. The molecule has 1 aromatic heterocycles. The quantitative estimate of drug-likeness (QED) is 0.576. The van der Waals surface area contributed by atoms with Crippen LogP contribution in [-0.2, 0) is 13.0 Å². The van der Waals surface area contributed by atoms with Crippen LogP contribution in [0.4, 0.5) is 4.39 Å². The van der Waals surface area contributed by atoms with Crippen LogP contribution >= 0.6 is 0 Å². The van der Waals surface area contributed by atoms with Crippen LogP contribution < -0.4 is 15.4 Å². The van der Waals surface area contributed by atoms with Gasteiger partial charge in [-0.2, -0.15) is 0 Å². The molecule has 2 rings (SSSR count). The summed E-state index contributed by atoms with van der Waals surface area (Å²) in [5.74, 6) is 1.79. The lowest BCUT2D eigenvalue weighted by Gasteiger charge is -2.12. The van der Waals surface area contributed by atoms with Crippen LogP contribution in [0.2, 0.25) is 0 Å². The number of aliphatic imine (C=N–C) groups is 1. The zero-order valence-corrected chi connectivity index (χ0v) is 14.1. The summed E-state index contributed by atoms with van der Waals surface area (Å²) >= 11 is 0. The molecule has 2 aromatic rings. The van der Waals surface area contributed by atoms with Gasteiger partial charge in [0.15, 0.2) is 5.96 Å². The van der Waals surface area contributed by atoms with Gasteiger partial charge in [0.05, 0.1) is 19.9 Å². The SMILES string of the molecule is CCCNC(=NCc1cc(F)cc(OC)c1)NCCc1ccco1. The van der Waals surface area contributed by atoms with E-state index in [2.05, 4.69) is 22.5 Å². The summed E-state index contributed by atoms with van der Waals surface area (Å²) in [6.07, 6.45) is 3.43. The maximum absolute atomic E-state index is 13.5. The highest BCUT2D eigenvalue weighted by molar-refractivity contribution is 5.79. The molecule has 0 saturated carbocycles. The molecule has 0 spiro atoms. The summed E-state index contributed by atoms with van der Waals surface area (Å²) in [6.45, 7) is 3.98. The van der Waals surface area contributed by atoms with E-state index in [0.717, 1.165) is 30.7 Å². The van der Waals surface area contributed by atoms with E-state index < -0.39 is 0 Å². The molecule has 130 valence electrons. The summed E-state index contributed by atoms with van der Waals surface area (Å²) in [5, 5.41) is 6.51. The highest BCUT2D eigenvalue weighted by Gasteiger charge is 2.03. The van der Waals surface area contributed by atoms with Crippen molar-refractivity contribution in [1.82, 2.24) is 10.6 Å². The minimum Gasteiger partial charge on any atom is -0.497 e. The monoisotopic (exact) mass is 333 g/mol.